The summed E-state index contributed by atoms with van der Waals surface area (Å²) in [5.41, 5.74) is -0.280. The molecule has 0 unspecified atom stereocenters. The summed E-state index contributed by atoms with van der Waals surface area (Å²) in [6.07, 6.45) is 2.30. The number of hydrogen-bond acceptors (Lipinski definition) is 5. The van der Waals surface area contributed by atoms with E-state index in [0.29, 0.717) is 29.7 Å². The molecule has 0 amide bonds. The van der Waals surface area contributed by atoms with E-state index in [0.717, 1.165) is 19.4 Å². The van der Waals surface area contributed by atoms with Crippen LogP contribution in [0.4, 0.5) is 0 Å². The van der Waals surface area contributed by atoms with Gasteiger partial charge in [-0.3, -0.25) is 0 Å². The van der Waals surface area contributed by atoms with Gasteiger partial charge in [-0.2, -0.15) is 4.31 Å². The van der Waals surface area contributed by atoms with Crippen molar-refractivity contribution in [1.82, 2.24) is 9.21 Å². The Morgan fingerprint density at radius 2 is 2.20 bits per heavy atom. The molecule has 3 fully saturated rings. The third kappa shape index (κ3) is 2.68. The first-order valence-electron chi connectivity index (χ1n) is 8.82. The highest BCUT2D eigenvalue weighted by molar-refractivity contribution is 7.89. The van der Waals surface area contributed by atoms with Crippen molar-refractivity contribution < 1.29 is 17.9 Å². The van der Waals surface area contributed by atoms with Crippen molar-refractivity contribution in [2.45, 2.75) is 29.4 Å². The van der Waals surface area contributed by atoms with Crippen LogP contribution in [0.25, 0.3) is 0 Å². The molecule has 25 heavy (non-hydrogen) atoms. The second-order valence-electron chi connectivity index (χ2n) is 7.77. The molecule has 1 aromatic carbocycles. The van der Waals surface area contributed by atoms with Crippen LogP contribution in [0, 0.1) is 11.8 Å². The van der Waals surface area contributed by atoms with E-state index in [1.165, 1.54) is 0 Å². The Hall–Kier alpha value is -1.15. The molecule has 0 radical (unpaired) electrons. The van der Waals surface area contributed by atoms with Gasteiger partial charge >= 0.3 is 0 Å². The Morgan fingerprint density at radius 3 is 2.92 bits per heavy atom. The van der Waals surface area contributed by atoms with Crippen LogP contribution in [0.5, 0.6) is 5.75 Å². The second kappa shape index (κ2) is 5.94. The highest BCUT2D eigenvalue weighted by Crippen LogP contribution is 2.55. The molecule has 1 spiro atoms. The molecule has 4 atom stereocenters. The average Bonchev–Trinajstić information content (AvgIpc) is 3.24. The standard InChI is InChI=1S/C18H26N2O4S/c1-19(2)10-15-16-11-20(12-18(16)8-7-17(15)24-18)25(21,22)14-6-4-5-13(9-14)23-3/h4-6,9,15-17H,7-8,10-12H2,1-3H3/t15-,16+,17+,18+/m0/s1. The number of sulfonamides is 1. The van der Waals surface area contributed by atoms with Gasteiger partial charge in [-0.05, 0) is 39.1 Å². The number of hydrogen-bond donors (Lipinski definition) is 0. The Labute approximate surface area is 149 Å². The van der Waals surface area contributed by atoms with Crippen molar-refractivity contribution in [1.29, 1.82) is 0 Å². The molecule has 7 heteroatoms. The van der Waals surface area contributed by atoms with Crippen LogP contribution in [-0.2, 0) is 14.8 Å². The number of ether oxygens (including phenoxy) is 2. The van der Waals surface area contributed by atoms with Gasteiger partial charge in [0.2, 0.25) is 10.0 Å². The second-order valence-corrected chi connectivity index (χ2v) is 9.71. The topological polar surface area (TPSA) is 59.1 Å². The van der Waals surface area contributed by atoms with Crippen molar-refractivity contribution in [2.75, 3.05) is 40.8 Å². The molecule has 3 aliphatic rings. The minimum atomic E-state index is -3.54. The molecule has 0 aromatic heterocycles. The fourth-order valence-corrected chi connectivity index (χ4v) is 6.47. The normalized spacial score (nSPS) is 34.6. The van der Waals surface area contributed by atoms with Gasteiger partial charge in [-0.25, -0.2) is 8.42 Å². The summed E-state index contributed by atoms with van der Waals surface area (Å²) in [7, 11) is 2.15. The van der Waals surface area contributed by atoms with Crippen LogP contribution in [0.3, 0.4) is 0 Å². The summed E-state index contributed by atoms with van der Waals surface area (Å²) in [6, 6.07) is 6.71. The number of nitrogens with zero attached hydrogens (tertiary/aromatic N) is 2. The molecular weight excluding hydrogens is 340 g/mol. The van der Waals surface area contributed by atoms with E-state index in [2.05, 4.69) is 19.0 Å². The first-order chi connectivity index (χ1) is 11.9. The zero-order chi connectivity index (χ0) is 17.8. The maximum Gasteiger partial charge on any atom is 0.243 e. The van der Waals surface area contributed by atoms with E-state index in [1.54, 1.807) is 35.7 Å². The summed E-state index contributed by atoms with van der Waals surface area (Å²) >= 11 is 0. The van der Waals surface area contributed by atoms with Crippen molar-refractivity contribution in [3.63, 3.8) is 0 Å². The third-order valence-electron chi connectivity index (χ3n) is 6.01. The first kappa shape index (κ1) is 17.3. The zero-order valence-corrected chi connectivity index (χ0v) is 15.8. The van der Waals surface area contributed by atoms with E-state index in [-0.39, 0.29) is 17.6 Å². The molecule has 2 bridgehead atoms. The van der Waals surface area contributed by atoms with Gasteiger partial charge in [-0.1, -0.05) is 6.07 Å². The van der Waals surface area contributed by atoms with E-state index in [4.69, 9.17) is 9.47 Å². The fraction of sp³-hybridized carbons (Fsp3) is 0.667. The summed E-state index contributed by atoms with van der Waals surface area (Å²) < 4.78 is 39.4. The molecule has 0 aliphatic carbocycles. The lowest BCUT2D eigenvalue weighted by molar-refractivity contribution is 0.00739. The average molecular weight is 366 g/mol. The Morgan fingerprint density at radius 1 is 1.40 bits per heavy atom. The number of fused-ring (bicyclic) bond motifs is 1. The van der Waals surface area contributed by atoms with Crippen LogP contribution in [0.1, 0.15) is 12.8 Å². The molecule has 0 saturated carbocycles. The van der Waals surface area contributed by atoms with Gasteiger partial charge in [0.25, 0.3) is 0 Å². The lowest BCUT2D eigenvalue weighted by atomic mass is 9.73. The Balaban J connectivity index is 1.61. The van der Waals surface area contributed by atoms with E-state index < -0.39 is 10.0 Å². The van der Waals surface area contributed by atoms with E-state index in [1.807, 2.05) is 0 Å². The molecule has 4 rings (SSSR count). The van der Waals surface area contributed by atoms with E-state index >= 15 is 0 Å². The summed E-state index contributed by atoms with van der Waals surface area (Å²) in [5.74, 6) is 1.25. The monoisotopic (exact) mass is 366 g/mol. The predicted octanol–water partition coefficient (Wildman–Crippen LogP) is 1.42. The minimum Gasteiger partial charge on any atom is -0.497 e. The minimum absolute atomic E-state index is 0.280. The zero-order valence-electron chi connectivity index (χ0n) is 15.0. The maximum atomic E-state index is 13.1. The molecule has 3 saturated heterocycles. The highest BCUT2D eigenvalue weighted by atomic mass is 32.2. The van der Waals surface area contributed by atoms with Gasteiger partial charge < -0.3 is 14.4 Å². The smallest absolute Gasteiger partial charge is 0.243 e. The molecule has 3 aliphatic heterocycles. The van der Waals surface area contributed by atoms with Crippen LogP contribution in [-0.4, -0.2) is 70.2 Å². The summed E-state index contributed by atoms with van der Waals surface area (Å²) in [5, 5.41) is 0. The van der Waals surface area contributed by atoms with Gasteiger partial charge in [0.05, 0.1) is 23.7 Å². The molecule has 3 heterocycles. The van der Waals surface area contributed by atoms with Crippen molar-refractivity contribution in [3.8, 4) is 5.75 Å². The molecule has 6 nitrogen and oxygen atoms in total. The molecule has 0 N–H and O–H groups in total. The van der Waals surface area contributed by atoms with Gasteiger partial charge in [0, 0.05) is 37.5 Å². The van der Waals surface area contributed by atoms with Gasteiger partial charge in [0.1, 0.15) is 5.75 Å². The SMILES string of the molecule is COc1cccc(S(=O)(=O)N2C[C@@H]3[C@H](CN(C)C)[C@H]4CC[C@]3(C2)O4)c1. The summed E-state index contributed by atoms with van der Waals surface area (Å²) in [4.78, 5) is 2.48. The number of rotatable bonds is 5. The van der Waals surface area contributed by atoms with Crippen LogP contribution >= 0.6 is 0 Å². The summed E-state index contributed by atoms with van der Waals surface area (Å²) in [6.45, 7) is 1.97. The first-order valence-corrected chi connectivity index (χ1v) is 10.3. The van der Waals surface area contributed by atoms with Gasteiger partial charge in [0.15, 0.2) is 0 Å². The van der Waals surface area contributed by atoms with Crippen molar-refractivity contribution in [2.24, 2.45) is 11.8 Å². The Bertz CT molecular complexity index is 766. The van der Waals surface area contributed by atoms with Crippen LogP contribution < -0.4 is 4.74 Å². The van der Waals surface area contributed by atoms with Crippen LogP contribution in [0.15, 0.2) is 29.2 Å². The lowest BCUT2D eigenvalue weighted by Gasteiger charge is -2.31. The maximum absolute atomic E-state index is 13.1. The Kier molecular flexibility index (Phi) is 4.11. The number of methoxy groups -OCH3 is 1. The van der Waals surface area contributed by atoms with Crippen LogP contribution in [0.2, 0.25) is 0 Å². The predicted molar refractivity (Wildman–Crippen MR) is 94.1 cm³/mol. The fourth-order valence-electron chi connectivity index (χ4n) is 4.91. The number of benzene rings is 1. The molecule has 1 aromatic rings. The molecule has 138 valence electrons. The van der Waals surface area contributed by atoms with Crippen molar-refractivity contribution >= 4 is 10.0 Å². The lowest BCUT2D eigenvalue weighted by Crippen LogP contribution is -2.40. The van der Waals surface area contributed by atoms with E-state index in [9.17, 15) is 8.42 Å². The molecular formula is C18H26N2O4S. The third-order valence-corrected chi connectivity index (χ3v) is 7.82. The quantitative estimate of drug-likeness (QED) is 0.789. The highest BCUT2D eigenvalue weighted by Gasteiger charge is 2.64. The largest absolute Gasteiger partial charge is 0.497 e. The van der Waals surface area contributed by atoms with Crippen molar-refractivity contribution in [3.05, 3.63) is 24.3 Å². The van der Waals surface area contributed by atoms with Gasteiger partial charge in [-0.15, -0.1) is 0 Å².